The van der Waals surface area contributed by atoms with Crippen molar-refractivity contribution in [3.05, 3.63) is 53.2 Å². The summed E-state index contributed by atoms with van der Waals surface area (Å²) in [5.74, 6) is 1.10. The first-order chi connectivity index (χ1) is 22.4. The number of aryl methyl sites for hydroxylation is 1. The van der Waals surface area contributed by atoms with Crippen molar-refractivity contribution < 1.29 is 23.1 Å². The molecule has 0 amide bonds. The van der Waals surface area contributed by atoms with Gasteiger partial charge in [0.1, 0.15) is 10.8 Å². The standard InChI is InChI=1S/C32H43ClN8O5S.ClH/c1-22-17-26(36-32-34-19-24(33)31(37-32)35-25-7-5-6-8-27(25)38(2)47(4,44)45)29(46-3)18-28(22)41-15-13-40(14-16-41)20-23-9-11-39(12-10-23)21-30(42)43;/h5-8,17-19,23H,9-16,20-21H2,1-4H3,(H,42,43)(H2,34,35,36,37);1H. The molecule has 0 atom stereocenters. The highest BCUT2D eigenvalue weighted by molar-refractivity contribution is 7.92. The summed E-state index contributed by atoms with van der Waals surface area (Å²) in [6, 6.07) is 11.1. The van der Waals surface area contributed by atoms with Crippen LogP contribution in [0.1, 0.15) is 18.4 Å². The third-order valence-electron chi connectivity index (χ3n) is 8.80. The van der Waals surface area contributed by atoms with Crippen LogP contribution in [0.3, 0.4) is 0 Å². The molecular formula is C32H44Cl2N8O5S. The highest BCUT2D eigenvalue weighted by Gasteiger charge is 2.26. The molecule has 0 saturated carbocycles. The second-order valence-electron chi connectivity index (χ2n) is 12.1. The molecule has 2 aliphatic heterocycles. The molecule has 3 heterocycles. The zero-order valence-electron chi connectivity index (χ0n) is 27.6. The number of nitrogens with zero attached hydrogens (tertiary/aromatic N) is 6. The Bertz CT molecular complexity index is 1680. The first-order valence-electron chi connectivity index (χ1n) is 15.6. The van der Waals surface area contributed by atoms with E-state index in [-0.39, 0.29) is 24.0 Å². The monoisotopic (exact) mass is 722 g/mol. The second-order valence-corrected chi connectivity index (χ2v) is 14.5. The molecule has 48 heavy (non-hydrogen) atoms. The number of hydrogen-bond donors (Lipinski definition) is 3. The molecule has 16 heteroatoms. The minimum Gasteiger partial charge on any atom is -0.494 e. The number of nitrogens with one attached hydrogen (secondary N) is 2. The van der Waals surface area contributed by atoms with Gasteiger partial charge in [-0.3, -0.25) is 18.9 Å². The third-order valence-corrected chi connectivity index (χ3v) is 10.3. The molecule has 5 rings (SSSR count). The van der Waals surface area contributed by atoms with E-state index in [4.69, 9.17) is 21.4 Å². The zero-order valence-corrected chi connectivity index (χ0v) is 30.0. The molecule has 3 N–H and O–H groups in total. The lowest BCUT2D eigenvalue weighted by molar-refractivity contribution is -0.138. The Morgan fingerprint density at radius 2 is 1.75 bits per heavy atom. The Kier molecular flexibility index (Phi) is 12.6. The molecule has 262 valence electrons. The Morgan fingerprint density at radius 1 is 1.06 bits per heavy atom. The van der Waals surface area contributed by atoms with Crippen LogP contribution in [-0.2, 0) is 14.8 Å². The number of sulfonamides is 1. The predicted octanol–water partition coefficient (Wildman–Crippen LogP) is 4.67. The van der Waals surface area contributed by atoms with Crippen LogP contribution in [0, 0.1) is 12.8 Å². The average Bonchev–Trinajstić information content (AvgIpc) is 3.03. The number of hydrogen-bond acceptors (Lipinski definition) is 11. The highest BCUT2D eigenvalue weighted by Crippen LogP contribution is 2.36. The minimum atomic E-state index is -3.49. The molecule has 0 aliphatic carbocycles. The fourth-order valence-corrected chi connectivity index (χ4v) is 6.79. The van der Waals surface area contributed by atoms with Crippen molar-refractivity contribution in [3.63, 3.8) is 0 Å². The van der Waals surface area contributed by atoms with Crippen LogP contribution in [0.2, 0.25) is 5.02 Å². The topological polar surface area (TPSA) is 143 Å². The number of piperidine rings is 1. The summed E-state index contributed by atoms with van der Waals surface area (Å²) in [5, 5.41) is 15.7. The van der Waals surface area contributed by atoms with Gasteiger partial charge in [0.15, 0.2) is 5.82 Å². The average molecular weight is 724 g/mol. The van der Waals surface area contributed by atoms with E-state index in [1.165, 1.54) is 17.5 Å². The van der Waals surface area contributed by atoms with Gasteiger partial charge in [0.05, 0.1) is 43.2 Å². The molecule has 3 aromatic rings. The molecule has 2 aliphatic rings. The first-order valence-corrected chi connectivity index (χ1v) is 17.8. The zero-order chi connectivity index (χ0) is 33.7. The largest absolute Gasteiger partial charge is 0.494 e. The maximum Gasteiger partial charge on any atom is 0.317 e. The van der Waals surface area contributed by atoms with Crippen molar-refractivity contribution in [1.29, 1.82) is 0 Å². The molecule has 0 spiro atoms. The summed E-state index contributed by atoms with van der Waals surface area (Å²) in [7, 11) is -0.373. The van der Waals surface area contributed by atoms with Crippen LogP contribution >= 0.6 is 24.0 Å². The van der Waals surface area contributed by atoms with Crippen LogP contribution in [0.25, 0.3) is 0 Å². The number of ether oxygens (including phenoxy) is 1. The molecule has 0 bridgehead atoms. The summed E-state index contributed by atoms with van der Waals surface area (Å²) < 4.78 is 31.4. The first kappa shape index (κ1) is 37.3. The maximum absolute atomic E-state index is 12.2. The summed E-state index contributed by atoms with van der Waals surface area (Å²) in [5.41, 5.74) is 3.86. The summed E-state index contributed by atoms with van der Waals surface area (Å²) >= 11 is 6.45. The molecule has 2 fully saturated rings. The molecule has 2 saturated heterocycles. The van der Waals surface area contributed by atoms with Gasteiger partial charge in [-0.25, -0.2) is 13.4 Å². The van der Waals surface area contributed by atoms with E-state index in [1.807, 2.05) is 17.0 Å². The van der Waals surface area contributed by atoms with Crippen LogP contribution in [-0.4, -0.2) is 112 Å². The second kappa shape index (κ2) is 16.2. The molecule has 13 nitrogen and oxygen atoms in total. The van der Waals surface area contributed by atoms with E-state index < -0.39 is 16.0 Å². The lowest BCUT2D eigenvalue weighted by Crippen LogP contribution is -2.49. The number of carboxylic acid groups (broad SMARTS) is 1. The highest BCUT2D eigenvalue weighted by atomic mass is 35.5. The lowest BCUT2D eigenvalue weighted by Gasteiger charge is -2.40. The SMILES string of the molecule is COc1cc(N2CCN(CC3CCN(CC(=O)O)CC3)CC2)c(C)cc1Nc1ncc(Cl)c(Nc2ccccc2N(C)S(C)(=O)=O)n1.Cl. The molecule has 2 aromatic carbocycles. The van der Waals surface area contributed by atoms with Gasteiger partial charge < -0.3 is 25.4 Å². The van der Waals surface area contributed by atoms with Crippen molar-refractivity contribution in [3.8, 4) is 5.75 Å². The van der Waals surface area contributed by atoms with Gasteiger partial charge in [0.2, 0.25) is 16.0 Å². The smallest absolute Gasteiger partial charge is 0.317 e. The fourth-order valence-electron chi connectivity index (χ4n) is 6.14. The summed E-state index contributed by atoms with van der Waals surface area (Å²) in [6.07, 6.45) is 4.71. The van der Waals surface area contributed by atoms with Crippen molar-refractivity contribution in [2.75, 3.05) is 92.6 Å². The number of carbonyl (C=O) groups is 1. The summed E-state index contributed by atoms with van der Waals surface area (Å²) in [6.45, 7) is 8.71. The van der Waals surface area contributed by atoms with Gasteiger partial charge in [0, 0.05) is 51.5 Å². The third kappa shape index (κ3) is 9.32. The Morgan fingerprint density at radius 3 is 2.40 bits per heavy atom. The molecule has 0 unspecified atom stereocenters. The minimum absolute atomic E-state index is 0. The molecule has 1 aromatic heterocycles. The number of aliphatic carboxylic acids is 1. The van der Waals surface area contributed by atoms with E-state index in [0.29, 0.717) is 40.5 Å². The number of anilines is 6. The number of aromatic nitrogens is 2. The Labute approximate surface area is 293 Å². The number of rotatable bonds is 12. The maximum atomic E-state index is 12.2. The van der Waals surface area contributed by atoms with Gasteiger partial charge in [0.25, 0.3) is 0 Å². The fraction of sp³-hybridized carbons (Fsp3) is 0.469. The van der Waals surface area contributed by atoms with Crippen molar-refractivity contribution >= 4 is 74.5 Å². The lowest BCUT2D eigenvalue weighted by atomic mass is 9.96. The van der Waals surface area contributed by atoms with Gasteiger partial charge in [-0.2, -0.15) is 4.98 Å². The molecule has 0 radical (unpaired) electrons. The van der Waals surface area contributed by atoms with Gasteiger partial charge in [-0.15, -0.1) is 12.4 Å². The van der Waals surface area contributed by atoms with Crippen LogP contribution in [0.5, 0.6) is 5.75 Å². The van der Waals surface area contributed by atoms with Gasteiger partial charge in [-0.1, -0.05) is 23.7 Å². The Balaban J connectivity index is 0.00000520. The van der Waals surface area contributed by atoms with E-state index >= 15 is 0 Å². The number of benzene rings is 2. The van der Waals surface area contributed by atoms with E-state index in [0.717, 1.165) is 76.2 Å². The van der Waals surface area contributed by atoms with E-state index in [9.17, 15) is 13.2 Å². The quantitative estimate of drug-likeness (QED) is 0.239. The van der Waals surface area contributed by atoms with E-state index in [1.54, 1.807) is 31.4 Å². The number of likely N-dealkylation sites (tertiary alicyclic amines) is 1. The van der Waals surface area contributed by atoms with Crippen LogP contribution in [0.4, 0.5) is 34.5 Å². The summed E-state index contributed by atoms with van der Waals surface area (Å²) in [4.78, 5) is 26.9. The van der Waals surface area contributed by atoms with Gasteiger partial charge >= 0.3 is 5.97 Å². The van der Waals surface area contributed by atoms with Gasteiger partial charge in [-0.05, 0) is 62.5 Å². The number of piperazine rings is 1. The Hall–Kier alpha value is -3.56. The number of carboxylic acids is 1. The number of halogens is 2. The van der Waals surface area contributed by atoms with E-state index in [2.05, 4.69) is 37.3 Å². The van der Waals surface area contributed by atoms with Crippen molar-refractivity contribution in [2.45, 2.75) is 19.8 Å². The van der Waals surface area contributed by atoms with Crippen molar-refractivity contribution in [2.24, 2.45) is 5.92 Å². The van der Waals surface area contributed by atoms with Crippen LogP contribution < -0.4 is 24.6 Å². The number of para-hydroxylation sites is 2. The van der Waals surface area contributed by atoms with Crippen molar-refractivity contribution in [1.82, 2.24) is 19.8 Å². The van der Waals surface area contributed by atoms with Crippen LogP contribution in [0.15, 0.2) is 42.6 Å². The number of methoxy groups -OCH3 is 1. The predicted molar refractivity (Wildman–Crippen MR) is 194 cm³/mol. The normalized spacial score (nSPS) is 16.2. The molecular weight excluding hydrogens is 679 g/mol.